The van der Waals surface area contributed by atoms with Gasteiger partial charge in [0.1, 0.15) is 5.69 Å². The quantitative estimate of drug-likeness (QED) is 0.181. The summed E-state index contributed by atoms with van der Waals surface area (Å²) in [6.45, 7) is 0. The van der Waals surface area contributed by atoms with Gasteiger partial charge in [-0.1, -0.05) is 127 Å². The molecule has 50 heavy (non-hydrogen) atoms. The van der Waals surface area contributed by atoms with Gasteiger partial charge in [0.15, 0.2) is 5.76 Å². The van der Waals surface area contributed by atoms with Crippen LogP contribution in [-0.2, 0) is 0 Å². The summed E-state index contributed by atoms with van der Waals surface area (Å²) in [6, 6.07) is 64.6. The van der Waals surface area contributed by atoms with Crippen molar-refractivity contribution in [2.75, 3.05) is 4.90 Å². The maximum absolute atomic E-state index is 6.40. The molecule has 0 fully saturated rings. The molecule has 0 atom stereocenters. The van der Waals surface area contributed by atoms with E-state index in [2.05, 4.69) is 157 Å². The van der Waals surface area contributed by atoms with E-state index in [9.17, 15) is 0 Å². The number of benzene rings is 8. The van der Waals surface area contributed by atoms with Crippen LogP contribution in [-0.4, -0.2) is 4.98 Å². The molecule has 8 aromatic carbocycles. The maximum atomic E-state index is 6.40. The highest BCUT2D eigenvalue weighted by Gasteiger charge is 2.29. The fourth-order valence-electron chi connectivity index (χ4n) is 7.42. The maximum Gasteiger partial charge on any atom is 0.227 e. The average molecular weight is 639 g/mol. The average Bonchev–Trinajstić information content (AvgIpc) is 3.76. The van der Waals surface area contributed by atoms with Crippen LogP contribution in [0.15, 0.2) is 186 Å². The first kappa shape index (κ1) is 28.3. The predicted molar refractivity (Wildman–Crippen MR) is 207 cm³/mol. The monoisotopic (exact) mass is 638 g/mol. The van der Waals surface area contributed by atoms with Crippen LogP contribution < -0.4 is 4.90 Å². The van der Waals surface area contributed by atoms with Gasteiger partial charge in [-0.3, -0.25) is 0 Å². The summed E-state index contributed by atoms with van der Waals surface area (Å²) < 4.78 is 6.40. The molecule has 0 saturated heterocycles. The van der Waals surface area contributed by atoms with Crippen molar-refractivity contribution in [3.8, 4) is 56.3 Å². The third-order valence-corrected chi connectivity index (χ3v) is 9.85. The number of nitrogens with zero attached hydrogens (tertiary/aromatic N) is 2. The Morgan fingerprint density at radius 1 is 0.400 bits per heavy atom. The van der Waals surface area contributed by atoms with E-state index < -0.39 is 0 Å². The highest BCUT2D eigenvalue weighted by molar-refractivity contribution is 6.17. The second kappa shape index (κ2) is 11.5. The van der Waals surface area contributed by atoms with E-state index in [1.165, 1.54) is 38.2 Å². The van der Waals surface area contributed by atoms with Gasteiger partial charge < -0.3 is 9.32 Å². The Hall–Kier alpha value is -6.71. The van der Waals surface area contributed by atoms with Gasteiger partial charge in [0.25, 0.3) is 0 Å². The summed E-state index contributed by atoms with van der Waals surface area (Å²) in [5, 5.41) is 4.84. The fraction of sp³-hybridized carbons (Fsp3) is 0. The first-order valence-corrected chi connectivity index (χ1v) is 17.0. The van der Waals surface area contributed by atoms with Crippen molar-refractivity contribution in [3.63, 3.8) is 0 Å². The van der Waals surface area contributed by atoms with Crippen molar-refractivity contribution in [2.45, 2.75) is 0 Å². The third-order valence-electron chi connectivity index (χ3n) is 9.85. The van der Waals surface area contributed by atoms with Gasteiger partial charge in [-0.15, -0.1) is 0 Å². The minimum atomic E-state index is 0.656. The lowest BCUT2D eigenvalue weighted by atomic mass is 9.94. The number of hydrogen-bond donors (Lipinski definition) is 0. The molecule has 3 heteroatoms. The van der Waals surface area contributed by atoms with Crippen molar-refractivity contribution in [2.24, 2.45) is 0 Å². The predicted octanol–water partition coefficient (Wildman–Crippen LogP) is 13.1. The number of rotatable bonds is 6. The van der Waals surface area contributed by atoms with Crippen LogP contribution in [0.1, 0.15) is 0 Å². The minimum Gasteiger partial charge on any atom is -0.435 e. The molecule has 0 unspecified atom stereocenters. The second-order valence-corrected chi connectivity index (χ2v) is 12.8. The Bertz CT molecular complexity index is 2650. The summed E-state index contributed by atoms with van der Waals surface area (Å²) in [6.07, 6.45) is 0. The van der Waals surface area contributed by atoms with Crippen molar-refractivity contribution in [1.82, 2.24) is 4.98 Å². The molecule has 0 saturated carbocycles. The molecular weight excluding hydrogens is 609 g/mol. The van der Waals surface area contributed by atoms with Gasteiger partial charge in [0.2, 0.25) is 5.89 Å². The smallest absolute Gasteiger partial charge is 0.227 e. The summed E-state index contributed by atoms with van der Waals surface area (Å²) >= 11 is 0. The normalized spacial score (nSPS) is 11.6. The molecule has 0 aliphatic heterocycles. The van der Waals surface area contributed by atoms with Crippen molar-refractivity contribution in [1.29, 1.82) is 0 Å². The molecule has 9 aromatic rings. The highest BCUT2D eigenvalue weighted by Crippen LogP contribution is 2.50. The zero-order valence-corrected chi connectivity index (χ0v) is 27.1. The zero-order chi connectivity index (χ0) is 33.0. The molecule has 1 heterocycles. The van der Waals surface area contributed by atoms with Gasteiger partial charge >= 0.3 is 0 Å². The summed E-state index contributed by atoms with van der Waals surface area (Å²) in [7, 11) is 0. The Morgan fingerprint density at radius 3 is 1.74 bits per heavy atom. The molecule has 1 aliphatic carbocycles. The number of hydrogen-bond acceptors (Lipinski definition) is 3. The summed E-state index contributed by atoms with van der Waals surface area (Å²) in [5.41, 5.74) is 12.2. The molecule has 3 nitrogen and oxygen atoms in total. The Balaban J connectivity index is 1.04. The van der Waals surface area contributed by atoms with Gasteiger partial charge in [-0.25, -0.2) is 4.98 Å². The van der Waals surface area contributed by atoms with Crippen molar-refractivity contribution >= 4 is 38.6 Å². The lowest BCUT2D eigenvalue weighted by molar-refractivity contribution is 0.590. The number of anilines is 3. The standard InChI is InChI=1S/C47H30N2O/c1-3-10-31(11-4-1)33-18-23-37(24-19-33)49(39-27-20-32-12-7-8-15-36(32)30-39)38-25-21-34(22-26-38)40-28-29-43-44-41(40)16-9-17-42(44)45-46(43)50-47(48-45)35-13-5-2-6-14-35/h1-30H. The van der Waals surface area contributed by atoms with E-state index in [4.69, 9.17) is 9.40 Å². The number of fused-ring (bicyclic) bond motifs is 4. The van der Waals surface area contributed by atoms with E-state index >= 15 is 0 Å². The molecule has 0 N–H and O–H groups in total. The van der Waals surface area contributed by atoms with Crippen LogP contribution in [0.3, 0.4) is 0 Å². The van der Waals surface area contributed by atoms with E-state index in [0.29, 0.717) is 5.89 Å². The van der Waals surface area contributed by atoms with Crippen molar-refractivity contribution < 1.29 is 4.42 Å². The molecule has 1 aromatic heterocycles. The Morgan fingerprint density at radius 2 is 1.00 bits per heavy atom. The van der Waals surface area contributed by atoms with E-state index in [1.54, 1.807) is 0 Å². The van der Waals surface area contributed by atoms with E-state index in [0.717, 1.165) is 50.8 Å². The van der Waals surface area contributed by atoms with Crippen LogP contribution >= 0.6 is 0 Å². The molecule has 0 spiro atoms. The number of aromatic nitrogens is 1. The van der Waals surface area contributed by atoms with Gasteiger partial charge in [0.05, 0.1) is 0 Å². The minimum absolute atomic E-state index is 0.656. The Labute approximate surface area is 290 Å². The van der Waals surface area contributed by atoms with Crippen LogP contribution in [0.4, 0.5) is 17.1 Å². The van der Waals surface area contributed by atoms with Crippen molar-refractivity contribution in [3.05, 3.63) is 182 Å². The van der Waals surface area contributed by atoms with Crippen LogP contribution in [0, 0.1) is 0 Å². The molecule has 0 amide bonds. The van der Waals surface area contributed by atoms with Gasteiger partial charge in [-0.2, -0.15) is 0 Å². The lowest BCUT2D eigenvalue weighted by Gasteiger charge is -2.26. The topological polar surface area (TPSA) is 29.3 Å². The molecule has 10 rings (SSSR count). The molecule has 0 bridgehead atoms. The third kappa shape index (κ3) is 4.63. The van der Waals surface area contributed by atoms with Crippen LogP contribution in [0.2, 0.25) is 0 Å². The fourth-order valence-corrected chi connectivity index (χ4v) is 7.42. The largest absolute Gasteiger partial charge is 0.435 e. The summed E-state index contributed by atoms with van der Waals surface area (Å²) in [5.74, 6) is 1.50. The molecule has 234 valence electrons. The second-order valence-electron chi connectivity index (χ2n) is 12.8. The first-order valence-electron chi connectivity index (χ1n) is 17.0. The Kier molecular flexibility index (Phi) is 6.49. The van der Waals surface area contributed by atoms with Crippen LogP contribution in [0.25, 0.3) is 77.8 Å². The molecule has 0 radical (unpaired) electrons. The first-order chi connectivity index (χ1) is 24.8. The van der Waals surface area contributed by atoms with E-state index in [1.807, 2.05) is 30.3 Å². The number of oxazole rings is 1. The zero-order valence-electron chi connectivity index (χ0n) is 27.1. The van der Waals surface area contributed by atoms with Gasteiger partial charge in [-0.05, 0) is 93.0 Å². The molecule has 1 aliphatic rings. The van der Waals surface area contributed by atoms with E-state index in [-0.39, 0.29) is 0 Å². The SMILES string of the molecule is c1ccc(-c2ccc(N(c3ccc(-c4ccc5c6c(cccc46)-c4nc(-c6ccccc6)oc4-5)cc3)c3ccc4ccccc4c3)cc2)cc1. The lowest BCUT2D eigenvalue weighted by Crippen LogP contribution is -2.09. The highest BCUT2D eigenvalue weighted by atomic mass is 16.4. The van der Waals surface area contributed by atoms with Crippen LogP contribution in [0.5, 0.6) is 0 Å². The summed E-state index contributed by atoms with van der Waals surface area (Å²) in [4.78, 5) is 7.30. The van der Waals surface area contributed by atoms with Gasteiger partial charge in [0, 0.05) is 39.1 Å². The molecular formula is C47H30N2O.